The average molecular weight is 330 g/mol. The number of hydrogen-bond acceptors (Lipinski definition) is 4. The molecule has 2 rings (SSSR count). The van der Waals surface area contributed by atoms with Crippen molar-refractivity contribution in [3.8, 4) is 5.88 Å². The number of carbonyl (C=O) groups is 2. The molecule has 0 unspecified atom stereocenters. The average Bonchev–Trinajstić information content (AvgIpc) is 2.97. The maximum atomic E-state index is 12.3. The van der Waals surface area contributed by atoms with E-state index < -0.39 is 0 Å². The highest BCUT2D eigenvalue weighted by molar-refractivity contribution is 6.06. The standard InChI is InChI=1S/C17H22N4O3/c1-4-5-10-18-15(22)12-6-8-13(9-7-12)19-16(23)14-11-21(2)20-17(14)24-3/h6-9,11H,4-5,10H2,1-3H3,(H,18,22)(H,19,23). The Kier molecular flexibility index (Phi) is 5.95. The van der Waals surface area contributed by atoms with Crippen molar-refractivity contribution >= 4 is 17.5 Å². The molecular weight excluding hydrogens is 308 g/mol. The van der Waals surface area contributed by atoms with Gasteiger partial charge in [-0.15, -0.1) is 5.10 Å². The maximum Gasteiger partial charge on any atom is 0.262 e. The van der Waals surface area contributed by atoms with Crippen LogP contribution in [-0.4, -0.2) is 35.2 Å². The van der Waals surface area contributed by atoms with Crippen molar-refractivity contribution in [1.82, 2.24) is 15.1 Å². The quantitative estimate of drug-likeness (QED) is 0.762. The van der Waals surface area contributed by atoms with Crippen LogP contribution < -0.4 is 15.4 Å². The van der Waals surface area contributed by atoms with Crippen molar-refractivity contribution in [2.45, 2.75) is 19.8 Å². The third-order valence-corrected chi connectivity index (χ3v) is 3.45. The van der Waals surface area contributed by atoms with Crippen LogP contribution in [0, 0.1) is 0 Å². The van der Waals surface area contributed by atoms with Gasteiger partial charge < -0.3 is 15.4 Å². The number of amides is 2. The van der Waals surface area contributed by atoms with E-state index in [1.807, 2.05) is 0 Å². The molecule has 1 heterocycles. The van der Waals surface area contributed by atoms with Crippen LogP contribution in [0.3, 0.4) is 0 Å². The molecule has 128 valence electrons. The molecule has 1 aromatic heterocycles. The first kappa shape index (κ1) is 17.5. The van der Waals surface area contributed by atoms with E-state index >= 15 is 0 Å². The fourth-order valence-corrected chi connectivity index (χ4v) is 2.16. The van der Waals surface area contributed by atoms with E-state index in [0.29, 0.717) is 23.4 Å². The molecule has 7 heteroatoms. The predicted octanol–water partition coefficient (Wildman–Crippen LogP) is 2.21. The summed E-state index contributed by atoms with van der Waals surface area (Å²) in [7, 11) is 3.18. The molecule has 2 aromatic rings. The topological polar surface area (TPSA) is 85.3 Å². The molecule has 0 saturated carbocycles. The smallest absolute Gasteiger partial charge is 0.262 e. The van der Waals surface area contributed by atoms with Gasteiger partial charge in [0.15, 0.2) is 0 Å². The van der Waals surface area contributed by atoms with Crippen molar-refractivity contribution in [1.29, 1.82) is 0 Å². The Bertz CT molecular complexity index is 707. The van der Waals surface area contributed by atoms with Gasteiger partial charge in [0.2, 0.25) is 5.88 Å². The lowest BCUT2D eigenvalue weighted by molar-refractivity contribution is 0.0952. The Hall–Kier alpha value is -2.83. The summed E-state index contributed by atoms with van der Waals surface area (Å²) in [4.78, 5) is 24.2. The minimum absolute atomic E-state index is 0.116. The zero-order chi connectivity index (χ0) is 17.5. The fraction of sp³-hybridized carbons (Fsp3) is 0.353. The van der Waals surface area contributed by atoms with Gasteiger partial charge in [0.05, 0.1) is 7.11 Å². The van der Waals surface area contributed by atoms with Crippen molar-refractivity contribution in [2.24, 2.45) is 7.05 Å². The Balaban J connectivity index is 2.00. The highest BCUT2D eigenvalue weighted by Crippen LogP contribution is 2.17. The summed E-state index contributed by atoms with van der Waals surface area (Å²) in [6, 6.07) is 6.74. The van der Waals surface area contributed by atoms with Gasteiger partial charge in [-0.05, 0) is 30.7 Å². The number of ether oxygens (including phenoxy) is 1. The summed E-state index contributed by atoms with van der Waals surface area (Å²) < 4.78 is 6.59. The fourth-order valence-electron chi connectivity index (χ4n) is 2.16. The van der Waals surface area contributed by atoms with E-state index in [2.05, 4.69) is 22.7 Å². The molecule has 0 spiro atoms. The first-order valence-electron chi connectivity index (χ1n) is 7.82. The molecule has 0 bridgehead atoms. The van der Waals surface area contributed by atoms with Crippen LogP contribution in [0.4, 0.5) is 5.69 Å². The molecule has 2 N–H and O–H groups in total. The Labute approximate surface area is 141 Å². The van der Waals surface area contributed by atoms with Crippen molar-refractivity contribution in [3.05, 3.63) is 41.6 Å². The summed E-state index contributed by atoms with van der Waals surface area (Å²) in [5, 5.41) is 9.66. The molecule has 1 aromatic carbocycles. The molecule has 0 fully saturated rings. The first-order valence-corrected chi connectivity index (χ1v) is 7.82. The molecule has 0 radical (unpaired) electrons. The second kappa shape index (κ2) is 8.14. The number of methoxy groups -OCH3 is 1. The molecular formula is C17H22N4O3. The Morgan fingerprint density at radius 1 is 1.21 bits per heavy atom. The monoisotopic (exact) mass is 330 g/mol. The van der Waals surface area contributed by atoms with Crippen LogP contribution in [0.1, 0.15) is 40.5 Å². The van der Waals surface area contributed by atoms with Gasteiger partial charge in [0.25, 0.3) is 11.8 Å². The number of nitrogens with one attached hydrogen (secondary N) is 2. The normalized spacial score (nSPS) is 10.3. The van der Waals surface area contributed by atoms with Gasteiger partial charge in [-0.25, -0.2) is 0 Å². The largest absolute Gasteiger partial charge is 0.479 e. The van der Waals surface area contributed by atoms with Crippen LogP contribution in [-0.2, 0) is 7.05 Å². The van der Waals surface area contributed by atoms with Gasteiger partial charge in [0.1, 0.15) is 5.56 Å². The number of unbranched alkanes of at least 4 members (excludes halogenated alkanes) is 1. The molecule has 24 heavy (non-hydrogen) atoms. The Morgan fingerprint density at radius 3 is 2.54 bits per heavy atom. The van der Waals surface area contributed by atoms with E-state index in [1.165, 1.54) is 11.8 Å². The van der Waals surface area contributed by atoms with Crippen molar-refractivity contribution < 1.29 is 14.3 Å². The second-order valence-corrected chi connectivity index (χ2v) is 5.37. The van der Waals surface area contributed by atoms with Crippen molar-refractivity contribution in [3.63, 3.8) is 0 Å². The molecule has 0 aliphatic heterocycles. The SMILES string of the molecule is CCCCNC(=O)c1ccc(NC(=O)c2cn(C)nc2OC)cc1. The zero-order valence-corrected chi connectivity index (χ0v) is 14.1. The van der Waals surface area contributed by atoms with E-state index in [-0.39, 0.29) is 17.7 Å². The number of rotatable bonds is 7. The molecule has 0 aliphatic carbocycles. The zero-order valence-electron chi connectivity index (χ0n) is 14.1. The summed E-state index contributed by atoms with van der Waals surface area (Å²) in [6.07, 6.45) is 3.57. The number of aromatic nitrogens is 2. The second-order valence-electron chi connectivity index (χ2n) is 5.37. The van der Waals surface area contributed by atoms with Crippen LogP contribution in [0.5, 0.6) is 5.88 Å². The number of hydrogen-bond donors (Lipinski definition) is 2. The van der Waals surface area contributed by atoms with E-state index in [9.17, 15) is 9.59 Å². The van der Waals surface area contributed by atoms with Crippen molar-refractivity contribution in [2.75, 3.05) is 19.0 Å². The predicted molar refractivity (Wildman–Crippen MR) is 91.4 cm³/mol. The van der Waals surface area contributed by atoms with Gasteiger partial charge in [0, 0.05) is 31.0 Å². The van der Waals surface area contributed by atoms with Gasteiger partial charge >= 0.3 is 0 Å². The van der Waals surface area contributed by atoms with E-state index in [1.54, 1.807) is 37.5 Å². The highest BCUT2D eigenvalue weighted by Gasteiger charge is 2.16. The molecule has 2 amide bonds. The van der Waals surface area contributed by atoms with Gasteiger partial charge in [-0.2, -0.15) is 0 Å². The number of carbonyl (C=O) groups excluding carboxylic acids is 2. The summed E-state index contributed by atoms with van der Waals surface area (Å²) in [5.74, 6) is -0.169. The number of benzene rings is 1. The lowest BCUT2D eigenvalue weighted by atomic mass is 10.2. The van der Waals surface area contributed by atoms with Gasteiger partial charge in [-0.3, -0.25) is 14.3 Å². The summed E-state index contributed by atoms with van der Waals surface area (Å²) in [5.41, 5.74) is 1.50. The Morgan fingerprint density at radius 2 is 1.92 bits per heavy atom. The molecule has 0 atom stereocenters. The third-order valence-electron chi connectivity index (χ3n) is 3.45. The lowest BCUT2D eigenvalue weighted by Gasteiger charge is -2.07. The van der Waals surface area contributed by atoms with Crippen LogP contribution in [0.15, 0.2) is 30.5 Å². The van der Waals surface area contributed by atoms with Crippen LogP contribution in [0.25, 0.3) is 0 Å². The number of anilines is 1. The highest BCUT2D eigenvalue weighted by atomic mass is 16.5. The van der Waals surface area contributed by atoms with Crippen LogP contribution >= 0.6 is 0 Å². The lowest BCUT2D eigenvalue weighted by Crippen LogP contribution is -2.24. The molecule has 7 nitrogen and oxygen atoms in total. The summed E-state index contributed by atoms with van der Waals surface area (Å²) in [6.45, 7) is 2.73. The summed E-state index contributed by atoms with van der Waals surface area (Å²) >= 11 is 0. The minimum Gasteiger partial charge on any atom is -0.479 e. The number of nitrogens with zero attached hydrogens (tertiary/aromatic N) is 2. The third kappa shape index (κ3) is 4.34. The molecule has 0 saturated heterocycles. The minimum atomic E-state index is -0.319. The first-order chi connectivity index (χ1) is 11.5. The van der Waals surface area contributed by atoms with Gasteiger partial charge in [-0.1, -0.05) is 13.3 Å². The molecule has 0 aliphatic rings. The maximum absolute atomic E-state index is 12.3. The van der Waals surface area contributed by atoms with E-state index in [0.717, 1.165) is 12.8 Å². The number of aryl methyl sites for hydroxylation is 1. The van der Waals surface area contributed by atoms with Crippen LogP contribution in [0.2, 0.25) is 0 Å². The van der Waals surface area contributed by atoms with E-state index in [4.69, 9.17) is 4.74 Å².